The minimum absolute atomic E-state index is 0.0301. The number of halogens is 3. The average Bonchev–Trinajstić information content (AvgIpc) is 3.26. The highest BCUT2D eigenvalue weighted by Gasteiger charge is 2.25. The summed E-state index contributed by atoms with van der Waals surface area (Å²) in [5.41, 5.74) is 1.95. The Bertz CT molecular complexity index is 1420. The summed E-state index contributed by atoms with van der Waals surface area (Å²) in [6.45, 7) is 8.20. The minimum atomic E-state index is -0.527. The first-order chi connectivity index (χ1) is 17.8. The van der Waals surface area contributed by atoms with Crippen LogP contribution in [0.3, 0.4) is 0 Å². The maximum absolute atomic E-state index is 15.0. The molecule has 11 heteroatoms. The second kappa shape index (κ2) is 10.8. The van der Waals surface area contributed by atoms with Crippen molar-refractivity contribution in [3.8, 4) is 17.3 Å². The topological polar surface area (TPSA) is 79.0 Å². The molecule has 1 fully saturated rings. The third-order valence-electron chi connectivity index (χ3n) is 6.44. The molecule has 0 unspecified atom stereocenters. The molecule has 0 atom stereocenters. The SMILES string of the molecule is Cc1n[nH]c2nc(-c3ccc(NSc4cc(Cl)ccc4F)c(F)c3)nc(OC3CCN(C(C)C)CC3)c12. The highest BCUT2D eigenvalue weighted by Crippen LogP contribution is 2.32. The van der Waals surface area contributed by atoms with Gasteiger partial charge < -0.3 is 14.4 Å². The van der Waals surface area contributed by atoms with E-state index < -0.39 is 11.6 Å². The maximum Gasteiger partial charge on any atom is 0.228 e. The number of hydrogen-bond donors (Lipinski definition) is 2. The Balaban J connectivity index is 1.38. The van der Waals surface area contributed by atoms with Gasteiger partial charge in [0, 0.05) is 29.7 Å². The summed E-state index contributed by atoms with van der Waals surface area (Å²) >= 11 is 6.88. The fourth-order valence-corrected chi connectivity index (χ4v) is 5.30. The number of anilines is 1. The van der Waals surface area contributed by atoms with Crippen molar-refractivity contribution in [3.05, 3.63) is 58.7 Å². The molecule has 0 radical (unpaired) electrons. The highest BCUT2D eigenvalue weighted by molar-refractivity contribution is 8.00. The second-order valence-corrected chi connectivity index (χ2v) is 10.6. The Hall–Kier alpha value is -2.95. The largest absolute Gasteiger partial charge is 0.474 e. The van der Waals surface area contributed by atoms with Gasteiger partial charge in [-0.15, -0.1) is 0 Å². The lowest BCUT2D eigenvalue weighted by Crippen LogP contribution is -2.41. The zero-order valence-corrected chi connectivity index (χ0v) is 22.3. The molecule has 37 heavy (non-hydrogen) atoms. The van der Waals surface area contributed by atoms with Gasteiger partial charge in [-0.1, -0.05) is 11.6 Å². The van der Waals surface area contributed by atoms with Crippen molar-refractivity contribution in [1.29, 1.82) is 0 Å². The van der Waals surface area contributed by atoms with Crippen LogP contribution >= 0.6 is 23.5 Å². The first-order valence-electron chi connectivity index (χ1n) is 12.1. The standard InChI is InChI=1S/C26H27ClF2N6OS/c1-14(2)35-10-8-18(9-11-35)36-26-23-15(3)32-33-25(23)30-24(31-26)16-4-7-21(20(29)12-16)34-37-22-13-17(27)5-6-19(22)28/h4-7,12-14,18,34H,8-11H2,1-3H3,(H,30,31,32,33). The number of aromatic amines is 1. The summed E-state index contributed by atoms with van der Waals surface area (Å²) in [5.74, 6) is -0.202. The van der Waals surface area contributed by atoms with Crippen LogP contribution in [0.1, 0.15) is 32.4 Å². The number of aryl methyl sites for hydroxylation is 1. The normalized spacial score (nSPS) is 15.0. The molecule has 2 aromatic carbocycles. The second-order valence-electron chi connectivity index (χ2n) is 9.31. The Labute approximate surface area is 223 Å². The molecule has 1 aliphatic heterocycles. The number of likely N-dealkylation sites (tertiary alicyclic amines) is 1. The Morgan fingerprint density at radius 1 is 1.11 bits per heavy atom. The Morgan fingerprint density at radius 2 is 1.89 bits per heavy atom. The summed E-state index contributed by atoms with van der Waals surface area (Å²) in [7, 11) is 0. The first kappa shape index (κ1) is 25.7. The van der Waals surface area contributed by atoms with Gasteiger partial charge in [0.25, 0.3) is 0 Å². The number of nitrogens with one attached hydrogen (secondary N) is 2. The first-order valence-corrected chi connectivity index (χ1v) is 13.3. The summed E-state index contributed by atoms with van der Waals surface area (Å²) in [6.07, 6.45) is 1.83. The van der Waals surface area contributed by atoms with Gasteiger partial charge in [-0.2, -0.15) is 10.1 Å². The van der Waals surface area contributed by atoms with E-state index in [2.05, 4.69) is 43.6 Å². The molecule has 4 aromatic rings. The zero-order valence-electron chi connectivity index (χ0n) is 20.7. The van der Waals surface area contributed by atoms with Gasteiger partial charge in [0.2, 0.25) is 5.88 Å². The fourth-order valence-electron chi connectivity index (χ4n) is 4.32. The summed E-state index contributed by atoms with van der Waals surface area (Å²) in [6, 6.07) is 9.32. The number of aromatic nitrogens is 4. The molecule has 1 saturated heterocycles. The maximum atomic E-state index is 15.0. The summed E-state index contributed by atoms with van der Waals surface area (Å²) in [4.78, 5) is 11.9. The molecule has 2 aromatic heterocycles. The summed E-state index contributed by atoms with van der Waals surface area (Å²) < 4.78 is 38.2. The highest BCUT2D eigenvalue weighted by atomic mass is 35.5. The van der Waals surface area contributed by atoms with Crippen molar-refractivity contribution in [2.45, 2.75) is 50.7 Å². The van der Waals surface area contributed by atoms with Gasteiger partial charge in [0.15, 0.2) is 11.5 Å². The van der Waals surface area contributed by atoms with Crippen LogP contribution in [0.25, 0.3) is 22.4 Å². The predicted molar refractivity (Wildman–Crippen MR) is 143 cm³/mol. The van der Waals surface area contributed by atoms with Crippen molar-refractivity contribution < 1.29 is 13.5 Å². The number of H-pyrrole nitrogens is 1. The molecule has 3 heterocycles. The molecular formula is C26H27ClF2N6OS. The molecule has 0 amide bonds. The molecule has 0 bridgehead atoms. The lowest BCUT2D eigenvalue weighted by Gasteiger charge is -2.34. The van der Waals surface area contributed by atoms with Crippen LogP contribution in [0.4, 0.5) is 14.5 Å². The third kappa shape index (κ3) is 5.66. The number of piperidine rings is 1. The van der Waals surface area contributed by atoms with Gasteiger partial charge >= 0.3 is 0 Å². The average molecular weight is 545 g/mol. The van der Waals surface area contributed by atoms with Crippen LogP contribution in [-0.4, -0.2) is 50.3 Å². The van der Waals surface area contributed by atoms with E-state index in [9.17, 15) is 4.39 Å². The van der Waals surface area contributed by atoms with E-state index in [1.165, 1.54) is 24.3 Å². The Morgan fingerprint density at radius 3 is 2.62 bits per heavy atom. The molecule has 194 valence electrons. The quantitative estimate of drug-likeness (QED) is 0.253. The van der Waals surface area contributed by atoms with Crippen LogP contribution < -0.4 is 9.46 Å². The molecule has 2 N–H and O–H groups in total. The summed E-state index contributed by atoms with van der Waals surface area (Å²) in [5, 5.41) is 8.33. The molecule has 0 spiro atoms. The van der Waals surface area contributed by atoms with E-state index in [1.54, 1.807) is 12.1 Å². The molecule has 0 aliphatic carbocycles. The molecular weight excluding hydrogens is 518 g/mol. The van der Waals surface area contributed by atoms with Crippen LogP contribution in [0.2, 0.25) is 5.02 Å². The van der Waals surface area contributed by atoms with E-state index in [1.807, 2.05) is 6.92 Å². The number of rotatable bonds is 7. The van der Waals surface area contributed by atoms with Crippen LogP contribution in [-0.2, 0) is 0 Å². The van der Waals surface area contributed by atoms with Crippen molar-refractivity contribution in [3.63, 3.8) is 0 Å². The number of benzene rings is 2. The number of ether oxygens (including phenoxy) is 1. The lowest BCUT2D eigenvalue weighted by molar-refractivity contribution is 0.0824. The van der Waals surface area contributed by atoms with Crippen molar-refractivity contribution in [1.82, 2.24) is 25.1 Å². The van der Waals surface area contributed by atoms with E-state index in [4.69, 9.17) is 16.3 Å². The predicted octanol–water partition coefficient (Wildman–Crippen LogP) is 6.63. The van der Waals surface area contributed by atoms with Crippen molar-refractivity contribution in [2.24, 2.45) is 0 Å². The van der Waals surface area contributed by atoms with E-state index >= 15 is 4.39 Å². The fraction of sp³-hybridized carbons (Fsp3) is 0.346. The monoisotopic (exact) mass is 544 g/mol. The van der Waals surface area contributed by atoms with Crippen molar-refractivity contribution >= 4 is 40.3 Å². The van der Waals surface area contributed by atoms with Crippen LogP contribution in [0, 0.1) is 18.6 Å². The van der Waals surface area contributed by atoms with Gasteiger partial charge in [0.1, 0.15) is 23.1 Å². The van der Waals surface area contributed by atoms with Gasteiger partial charge in [0.05, 0.1) is 16.3 Å². The van der Waals surface area contributed by atoms with E-state index in [0.717, 1.165) is 49.0 Å². The van der Waals surface area contributed by atoms with Gasteiger partial charge in [-0.25, -0.2) is 13.8 Å². The van der Waals surface area contributed by atoms with Gasteiger partial charge in [-0.05, 0) is 82.0 Å². The smallest absolute Gasteiger partial charge is 0.228 e. The van der Waals surface area contributed by atoms with Gasteiger partial charge in [-0.3, -0.25) is 5.10 Å². The van der Waals surface area contributed by atoms with Crippen LogP contribution in [0.5, 0.6) is 5.88 Å². The molecule has 5 rings (SSSR count). The third-order valence-corrected chi connectivity index (χ3v) is 7.53. The number of hydrogen-bond acceptors (Lipinski definition) is 7. The Kier molecular flexibility index (Phi) is 7.50. The van der Waals surface area contributed by atoms with E-state index in [0.29, 0.717) is 34.0 Å². The molecule has 1 aliphatic rings. The van der Waals surface area contributed by atoms with Crippen molar-refractivity contribution in [2.75, 3.05) is 17.8 Å². The zero-order chi connectivity index (χ0) is 26.1. The minimum Gasteiger partial charge on any atom is -0.474 e. The van der Waals surface area contributed by atoms with E-state index in [-0.39, 0.29) is 16.7 Å². The number of nitrogens with zero attached hydrogens (tertiary/aromatic N) is 4. The molecule has 0 saturated carbocycles. The molecule has 7 nitrogen and oxygen atoms in total. The van der Waals surface area contributed by atoms with Crippen LogP contribution in [0.15, 0.2) is 41.3 Å². The number of fused-ring (bicyclic) bond motifs is 1. The lowest BCUT2D eigenvalue weighted by atomic mass is 10.1.